The SMILES string of the molecule is CCCSC(CN)c1cccnc1. The molecule has 0 aliphatic carbocycles. The fraction of sp³-hybridized carbons (Fsp3) is 0.500. The quantitative estimate of drug-likeness (QED) is 0.785. The molecule has 0 radical (unpaired) electrons. The van der Waals surface area contributed by atoms with E-state index in [2.05, 4.69) is 18.0 Å². The Morgan fingerprint density at radius 2 is 2.46 bits per heavy atom. The fourth-order valence-corrected chi connectivity index (χ4v) is 2.12. The van der Waals surface area contributed by atoms with Gasteiger partial charge in [0.15, 0.2) is 0 Å². The van der Waals surface area contributed by atoms with E-state index in [4.69, 9.17) is 5.73 Å². The number of thioether (sulfide) groups is 1. The van der Waals surface area contributed by atoms with Crippen LogP contribution in [0.4, 0.5) is 0 Å². The van der Waals surface area contributed by atoms with E-state index in [-0.39, 0.29) is 0 Å². The lowest BCUT2D eigenvalue weighted by atomic mass is 10.2. The molecule has 1 heterocycles. The molecular formula is C10H16N2S. The normalized spacial score (nSPS) is 12.8. The maximum atomic E-state index is 5.70. The van der Waals surface area contributed by atoms with Gasteiger partial charge in [-0.05, 0) is 23.8 Å². The molecule has 0 aliphatic rings. The Morgan fingerprint density at radius 3 is 3.00 bits per heavy atom. The van der Waals surface area contributed by atoms with Gasteiger partial charge in [0.2, 0.25) is 0 Å². The first-order valence-electron chi connectivity index (χ1n) is 4.60. The first-order chi connectivity index (χ1) is 6.38. The molecule has 1 atom stereocenters. The van der Waals surface area contributed by atoms with Crippen LogP contribution >= 0.6 is 11.8 Å². The van der Waals surface area contributed by atoms with Gasteiger partial charge in [-0.25, -0.2) is 0 Å². The van der Waals surface area contributed by atoms with Crippen LogP contribution in [0.3, 0.4) is 0 Å². The highest BCUT2D eigenvalue weighted by Crippen LogP contribution is 2.27. The number of hydrogen-bond acceptors (Lipinski definition) is 3. The van der Waals surface area contributed by atoms with Crippen LogP contribution in [-0.2, 0) is 0 Å². The molecule has 0 spiro atoms. The average Bonchev–Trinajstić information content (AvgIpc) is 2.21. The first kappa shape index (κ1) is 10.5. The summed E-state index contributed by atoms with van der Waals surface area (Å²) in [7, 11) is 0. The maximum absolute atomic E-state index is 5.70. The van der Waals surface area contributed by atoms with Gasteiger partial charge in [0, 0.05) is 24.2 Å². The second-order valence-corrected chi connectivity index (χ2v) is 4.19. The first-order valence-corrected chi connectivity index (χ1v) is 5.65. The van der Waals surface area contributed by atoms with Gasteiger partial charge in [-0.2, -0.15) is 11.8 Å². The lowest BCUT2D eigenvalue weighted by Crippen LogP contribution is -2.09. The summed E-state index contributed by atoms with van der Waals surface area (Å²) in [6, 6.07) is 4.05. The summed E-state index contributed by atoms with van der Waals surface area (Å²) in [5, 5.41) is 0.411. The summed E-state index contributed by atoms with van der Waals surface area (Å²) in [5.41, 5.74) is 6.94. The third kappa shape index (κ3) is 3.36. The highest BCUT2D eigenvalue weighted by atomic mass is 32.2. The molecule has 1 unspecified atom stereocenters. The molecule has 1 aromatic rings. The Morgan fingerprint density at radius 1 is 1.62 bits per heavy atom. The van der Waals surface area contributed by atoms with E-state index in [1.807, 2.05) is 24.0 Å². The average molecular weight is 196 g/mol. The maximum Gasteiger partial charge on any atom is 0.0434 e. The Labute approximate surface area is 83.9 Å². The van der Waals surface area contributed by atoms with Gasteiger partial charge in [0.1, 0.15) is 0 Å². The van der Waals surface area contributed by atoms with Crippen molar-refractivity contribution in [3.05, 3.63) is 30.1 Å². The van der Waals surface area contributed by atoms with E-state index >= 15 is 0 Å². The van der Waals surface area contributed by atoms with Gasteiger partial charge in [-0.1, -0.05) is 13.0 Å². The largest absolute Gasteiger partial charge is 0.329 e. The van der Waals surface area contributed by atoms with Crippen LogP contribution in [0.5, 0.6) is 0 Å². The highest BCUT2D eigenvalue weighted by Gasteiger charge is 2.08. The predicted molar refractivity (Wildman–Crippen MR) is 58.8 cm³/mol. The summed E-state index contributed by atoms with van der Waals surface area (Å²) in [5.74, 6) is 1.16. The van der Waals surface area contributed by atoms with Crippen LogP contribution in [-0.4, -0.2) is 17.3 Å². The standard InChI is InChI=1S/C10H16N2S/c1-2-6-13-10(7-11)9-4-3-5-12-8-9/h3-5,8,10H,2,6-7,11H2,1H3. The monoisotopic (exact) mass is 196 g/mol. The molecular weight excluding hydrogens is 180 g/mol. The molecule has 0 bridgehead atoms. The molecule has 13 heavy (non-hydrogen) atoms. The minimum atomic E-state index is 0.411. The third-order valence-corrected chi connectivity index (χ3v) is 3.30. The molecule has 1 aromatic heterocycles. The third-order valence-electron chi connectivity index (χ3n) is 1.79. The molecule has 0 aliphatic heterocycles. The lowest BCUT2D eigenvalue weighted by Gasteiger charge is -2.13. The Bertz CT molecular complexity index is 226. The van der Waals surface area contributed by atoms with Crippen molar-refractivity contribution >= 4 is 11.8 Å². The molecule has 3 heteroatoms. The van der Waals surface area contributed by atoms with Crippen LogP contribution in [0, 0.1) is 0 Å². The molecule has 2 N–H and O–H groups in total. The van der Waals surface area contributed by atoms with E-state index < -0.39 is 0 Å². The summed E-state index contributed by atoms with van der Waals surface area (Å²) in [6.07, 6.45) is 4.89. The van der Waals surface area contributed by atoms with E-state index in [0.717, 1.165) is 5.75 Å². The minimum absolute atomic E-state index is 0.411. The zero-order chi connectivity index (χ0) is 9.52. The molecule has 72 valence electrons. The smallest absolute Gasteiger partial charge is 0.0434 e. The Kier molecular flexibility index (Phi) is 4.86. The van der Waals surface area contributed by atoms with Crippen molar-refractivity contribution in [2.45, 2.75) is 18.6 Å². The molecule has 0 saturated heterocycles. The Hall–Kier alpha value is -0.540. The summed E-state index contributed by atoms with van der Waals surface area (Å²) < 4.78 is 0. The van der Waals surface area contributed by atoms with Gasteiger partial charge in [-0.3, -0.25) is 4.98 Å². The van der Waals surface area contributed by atoms with E-state index in [1.165, 1.54) is 12.0 Å². The van der Waals surface area contributed by atoms with Gasteiger partial charge >= 0.3 is 0 Å². The number of pyridine rings is 1. The molecule has 0 saturated carbocycles. The number of rotatable bonds is 5. The lowest BCUT2D eigenvalue weighted by molar-refractivity contribution is 0.927. The highest BCUT2D eigenvalue weighted by molar-refractivity contribution is 7.99. The molecule has 0 aromatic carbocycles. The van der Waals surface area contributed by atoms with Crippen LogP contribution in [0.25, 0.3) is 0 Å². The number of nitrogens with zero attached hydrogens (tertiary/aromatic N) is 1. The van der Waals surface area contributed by atoms with Crippen LogP contribution in [0.2, 0.25) is 0 Å². The van der Waals surface area contributed by atoms with Crippen molar-refractivity contribution in [2.24, 2.45) is 5.73 Å². The van der Waals surface area contributed by atoms with Crippen LogP contribution < -0.4 is 5.73 Å². The van der Waals surface area contributed by atoms with E-state index in [0.29, 0.717) is 11.8 Å². The summed E-state index contributed by atoms with van der Waals surface area (Å²) in [4.78, 5) is 4.09. The van der Waals surface area contributed by atoms with Crippen molar-refractivity contribution < 1.29 is 0 Å². The molecule has 1 rings (SSSR count). The summed E-state index contributed by atoms with van der Waals surface area (Å²) >= 11 is 1.91. The van der Waals surface area contributed by atoms with Crippen molar-refractivity contribution in [2.75, 3.05) is 12.3 Å². The van der Waals surface area contributed by atoms with Crippen molar-refractivity contribution in [1.29, 1.82) is 0 Å². The van der Waals surface area contributed by atoms with E-state index in [9.17, 15) is 0 Å². The predicted octanol–water partition coefficient (Wildman–Crippen LogP) is 2.22. The molecule has 0 fully saturated rings. The molecule has 2 nitrogen and oxygen atoms in total. The Balaban J connectivity index is 2.56. The topological polar surface area (TPSA) is 38.9 Å². The molecule has 0 amide bonds. The van der Waals surface area contributed by atoms with Gasteiger partial charge in [-0.15, -0.1) is 0 Å². The number of hydrogen-bond donors (Lipinski definition) is 1. The number of nitrogens with two attached hydrogens (primary N) is 1. The van der Waals surface area contributed by atoms with Gasteiger partial charge in [0.05, 0.1) is 0 Å². The fourth-order valence-electron chi connectivity index (χ4n) is 1.13. The van der Waals surface area contributed by atoms with Crippen molar-refractivity contribution in [3.8, 4) is 0 Å². The van der Waals surface area contributed by atoms with Gasteiger partial charge < -0.3 is 5.73 Å². The zero-order valence-electron chi connectivity index (χ0n) is 7.94. The second kappa shape index (κ2) is 6.00. The zero-order valence-corrected chi connectivity index (χ0v) is 8.76. The van der Waals surface area contributed by atoms with Crippen molar-refractivity contribution in [1.82, 2.24) is 4.98 Å². The minimum Gasteiger partial charge on any atom is -0.329 e. The number of aromatic nitrogens is 1. The van der Waals surface area contributed by atoms with Crippen LogP contribution in [0.15, 0.2) is 24.5 Å². The summed E-state index contributed by atoms with van der Waals surface area (Å²) in [6.45, 7) is 2.88. The van der Waals surface area contributed by atoms with E-state index in [1.54, 1.807) is 6.20 Å². The second-order valence-electron chi connectivity index (χ2n) is 2.88. The van der Waals surface area contributed by atoms with Crippen LogP contribution in [0.1, 0.15) is 24.2 Å². The van der Waals surface area contributed by atoms with Crippen molar-refractivity contribution in [3.63, 3.8) is 0 Å². The van der Waals surface area contributed by atoms with Gasteiger partial charge in [0.25, 0.3) is 0 Å².